The maximum atomic E-state index is 13.3. The third kappa shape index (κ3) is 3.17. The lowest BCUT2D eigenvalue weighted by molar-refractivity contribution is -0.133. The van der Waals surface area contributed by atoms with Crippen LogP contribution in [0.4, 0.5) is 0 Å². The molecule has 2 aliphatic rings. The van der Waals surface area contributed by atoms with Crippen molar-refractivity contribution in [1.82, 2.24) is 14.8 Å². The van der Waals surface area contributed by atoms with Crippen LogP contribution in [-0.2, 0) is 16.1 Å². The number of ether oxygens (including phenoxy) is 1. The first kappa shape index (κ1) is 18.5. The molecule has 0 saturated heterocycles. The average Bonchev–Trinajstić information content (AvgIpc) is 3.36. The highest BCUT2D eigenvalue weighted by Crippen LogP contribution is 2.34. The zero-order chi connectivity index (χ0) is 19.0. The van der Waals surface area contributed by atoms with Crippen molar-refractivity contribution < 1.29 is 14.3 Å². The number of hydrogen-bond donors (Lipinski definition) is 1. The van der Waals surface area contributed by atoms with E-state index in [9.17, 15) is 9.59 Å². The van der Waals surface area contributed by atoms with Gasteiger partial charge in [-0.05, 0) is 43.7 Å². The molecule has 1 fully saturated rings. The van der Waals surface area contributed by atoms with Crippen LogP contribution in [0.3, 0.4) is 0 Å². The second kappa shape index (κ2) is 7.28. The molecule has 3 heterocycles. The molecule has 0 aromatic carbocycles. The molecule has 1 atom stereocenters. The summed E-state index contributed by atoms with van der Waals surface area (Å²) in [5.74, 6) is -0.104. The molecule has 1 aliphatic heterocycles. The minimum Gasteiger partial charge on any atom is -0.385 e. The van der Waals surface area contributed by atoms with E-state index in [-0.39, 0.29) is 17.9 Å². The number of rotatable bonds is 6. The Morgan fingerprint density at radius 2 is 2.19 bits per heavy atom. The number of aromatic nitrogens is 1. The number of nitrogens with one attached hydrogen (secondary N) is 1. The number of methoxy groups -OCH3 is 1. The lowest BCUT2D eigenvalue weighted by Crippen LogP contribution is -2.65. The van der Waals surface area contributed by atoms with Gasteiger partial charge in [-0.2, -0.15) is 0 Å². The lowest BCUT2D eigenvalue weighted by atomic mass is 9.94. The van der Waals surface area contributed by atoms with Gasteiger partial charge in [-0.1, -0.05) is 12.8 Å². The summed E-state index contributed by atoms with van der Waals surface area (Å²) in [5, 5.41) is 5.25. The summed E-state index contributed by atoms with van der Waals surface area (Å²) in [6.07, 6.45) is 5.10. The van der Waals surface area contributed by atoms with Gasteiger partial charge >= 0.3 is 0 Å². The van der Waals surface area contributed by atoms with Gasteiger partial charge in [-0.25, -0.2) is 0 Å². The Labute approximate surface area is 163 Å². The zero-order valence-corrected chi connectivity index (χ0v) is 16.8. The van der Waals surface area contributed by atoms with E-state index in [0.29, 0.717) is 31.8 Å². The summed E-state index contributed by atoms with van der Waals surface area (Å²) in [7, 11) is 1.66. The smallest absolute Gasteiger partial charge is 0.271 e. The molecule has 4 rings (SSSR count). The van der Waals surface area contributed by atoms with Gasteiger partial charge in [-0.15, -0.1) is 11.3 Å². The minimum atomic E-state index is -0.895. The fourth-order valence-corrected chi connectivity index (χ4v) is 5.22. The van der Waals surface area contributed by atoms with Crippen molar-refractivity contribution >= 4 is 33.4 Å². The van der Waals surface area contributed by atoms with Gasteiger partial charge in [0.2, 0.25) is 5.91 Å². The van der Waals surface area contributed by atoms with Gasteiger partial charge in [0.05, 0.1) is 16.8 Å². The average molecular weight is 390 g/mol. The largest absolute Gasteiger partial charge is 0.385 e. The predicted molar refractivity (Wildman–Crippen MR) is 106 cm³/mol. The summed E-state index contributed by atoms with van der Waals surface area (Å²) >= 11 is 1.63. The number of carbonyl (C=O) groups excluding carboxylic acids is 2. The highest BCUT2D eigenvalue weighted by atomic mass is 32.1. The van der Waals surface area contributed by atoms with E-state index in [2.05, 4.69) is 5.32 Å². The lowest BCUT2D eigenvalue weighted by Gasteiger charge is -2.44. The van der Waals surface area contributed by atoms with Crippen molar-refractivity contribution in [3.8, 4) is 0 Å². The van der Waals surface area contributed by atoms with Crippen LogP contribution >= 0.6 is 11.3 Å². The number of nitrogens with zero attached hydrogens (tertiary/aromatic N) is 2. The summed E-state index contributed by atoms with van der Waals surface area (Å²) < 4.78 is 8.28. The molecule has 27 heavy (non-hydrogen) atoms. The van der Waals surface area contributed by atoms with Crippen LogP contribution in [0.2, 0.25) is 0 Å². The Balaban J connectivity index is 1.68. The standard InChI is InChI=1S/C20H27N3O3S/c1-20(19(25)21-14-6-3-4-7-14)13-22-15-8-11-27-17(15)12-16(22)18(24)23(20)9-5-10-26-2/h8,11-12,14H,3-7,9-10,13H2,1-2H3,(H,21,25). The van der Waals surface area contributed by atoms with Gasteiger partial charge in [0.1, 0.15) is 11.2 Å². The molecule has 1 aliphatic carbocycles. The first-order chi connectivity index (χ1) is 13.0. The van der Waals surface area contributed by atoms with Crippen LogP contribution in [0.25, 0.3) is 10.2 Å². The van der Waals surface area contributed by atoms with Gasteiger partial charge in [0.15, 0.2) is 0 Å². The Morgan fingerprint density at radius 3 is 2.93 bits per heavy atom. The third-order valence-corrected chi connectivity index (χ3v) is 6.81. The molecule has 1 saturated carbocycles. The van der Waals surface area contributed by atoms with E-state index in [4.69, 9.17) is 4.74 Å². The van der Waals surface area contributed by atoms with E-state index < -0.39 is 5.54 Å². The van der Waals surface area contributed by atoms with Gasteiger partial charge in [0.25, 0.3) is 5.91 Å². The second-order valence-corrected chi connectivity index (χ2v) is 8.77. The quantitative estimate of drug-likeness (QED) is 0.773. The number of thiophene rings is 1. The zero-order valence-electron chi connectivity index (χ0n) is 16.0. The topological polar surface area (TPSA) is 63.6 Å². The Bertz CT molecular complexity index is 852. The van der Waals surface area contributed by atoms with Crippen LogP contribution in [0, 0.1) is 0 Å². The van der Waals surface area contributed by atoms with Crippen molar-refractivity contribution in [1.29, 1.82) is 0 Å². The fourth-order valence-electron chi connectivity index (χ4n) is 4.40. The maximum Gasteiger partial charge on any atom is 0.271 e. The Kier molecular flexibility index (Phi) is 4.99. The monoisotopic (exact) mass is 389 g/mol. The van der Waals surface area contributed by atoms with Gasteiger partial charge in [0, 0.05) is 26.3 Å². The van der Waals surface area contributed by atoms with E-state index in [1.807, 2.05) is 29.0 Å². The van der Waals surface area contributed by atoms with Gasteiger partial charge < -0.3 is 19.5 Å². The molecular formula is C20H27N3O3S. The first-order valence-corrected chi connectivity index (χ1v) is 10.6. The van der Waals surface area contributed by atoms with Crippen molar-refractivity contribution in [3.63, 3.8) is 0 Å². The minimum absolute atomic E-state index is 0.0390. The molecule has 0 radical (unpaired) electrons. The van der Waals surface area contributed by atoms with Crippen molar-refractivity contribution in [2.24, 2.45) is 0 Å². The molecule has 2 aromatic rings. The molecule has 7 heteroatoms. The number of fused-ring (bicyclic) bond motifs is 3. The molecule has 2 aromatic heterocycles. The first-order valence-electron chi connectivity index (χ1n) is 9.73. The summed E-state index contributed by atoms with van der Waals surface area (Å²) in [6.45, 7) is 3.48. The second-order valence-electron chi connectivity index (χ2n) is 7.82. The Morgan fingerprint density at radius 1 is 1.41 bits per heavy atom. The highest BCUT2D eigenvalue weighted by Gasteiger charge is 2.48. The molecule has 0 spiro atoms. The van der Waals surface area contributed by atoms with E-state index in [1.165, 1.54) is 0 Å². The molecule has 1 N–H and O–H groups in total. The molecule has 0 bridgehead atoms. The fraction of sp³-hybridized carbons (Fsp3) is 0.600. The van der Waals surface area contributed by atoms with Crippen LogP contribution in [0.5, 0.6) is 0 Å². The van der Waals surface area contributed by atoms with Crippen molar-refractivity contribution in [2.45, 2.75) is 57.2 Å². The molecule has 2 amide bonds. The SMILES string of the molecule is COCCCN1C(=O)c2cc3sccc3n2CC1(C)C(=O)NC1CCCC1. The highest BCUT2D eigenvalue weighted by molar-refractivity contribution is 7.17. The molecule has 146 valence electrons. The van der Waals surface area contributed by atoms with Crippen molar-refractivity contribution in [3.05, 3.63) is 23.2 Å². The summed E-state index contributed by atoms with van der Waals surface area (Å²) in [5.41, 5.74) is 0.828. The van der Waals surface area contributed by atoms with Crippen molar-refractivity contribution in [2.75, 3.05) is 20.3 Å². The van der Waals surface area contributed by atoms with Crippen LogP contribution in [0.1, 0.15) is 49.5 Å². The van der Waals surface area contributed by atoms with E-state index in [0.717, 1.165) is 35.9 Å². The Hall–Kier alpha value is -1.86. The molecule has 6 nitrogen and oxygen atoms in total. The normalized spacial score (nSPS) is 23.2. The van der Waals surface area contributed by atoms with Crippen LogP contribution in [0.15, 0.2) is 17.5 Å². The third-order valence-electron chi connectivity index (χ3n) is 5.96. The van der Waals surface area contributed by atoms with Crippen LogP contribution in [-0.4, -0.2) is 53.1 Å². The summed E-state index contributed by atoms with van der Waals surface area (Å²) in [6, 6.07) is 4.23. The molecule has 1 unspecified atom stereocenters. The van der Waals surface area contributed by atoms with E-state index in [1.54, 1.807) is 23.3 Å². The molecular weight excluding hydrogens is 362 g/mol. The summed E-state index contributed by atoms with van der Waals surface area (Å²) in [4.78, 5) is 28.4. The number of hydrogen-bond acceptors (Lipinski definition) is 4. The number of amides is 2. The van der Waals surface area contributed by atoms with E-state index >= 15 is 0 Å². The van der Waals surface area contributed by atoms with Crippen LogP contribution < -0.4 is 5.32 Å². The number of carbonyl (C=O) groups is 2. The van der Waals surface area contributed by atoms with Gasteiger partial charge in [-0.3, -0.25) is 9.59 Å². The predicted octanol–water partition coefficient (Wildman–Crippen LogP) is 3.01. The maximum absolute atomic E-state index is 13.3.